The zero-order valence-corrected chi connectivity index (χ0v) is 30.8. The number of nitrogens with one attached hydrogen (secondary N) is 1. The molecule has 7 rings (SSSR count). The molecule has 5 aromatic carbocycles. The number of rotatable bonds is 13. The Labute approximate surface area is 321 Å². The molecule has 2 N–H and O–H groups in total. The van der Waals surface area contributed by atoms with Crippen LogP contribution >= 0.6 is 0 Å². The molecule has 2 aliphatic heterocycles. The van der Waals surface area contributed by atoms with Crippen molar-refractivity contribution < 1.29 is 33.7 Å². The summed E-state index contributed by atoms with van der Waals surface area (Å²) in [6, 6.07) is 42.1. The Bertz CT molecular complexity index is 2060. The third kappa shape index (κ3) is 9.54. The third-order valence-corrected chi connectivity index (χ3v) is 10.0. The van der Waals surface area contributed by atoms with Gasteiger partial charge in [-0.1, -0.05) is 133 Å². The fraction of sp³-hybridized carbons (Fsp3) is 0.267. The van der Waals surface area contributed by atoms with Crippen LogP contribution in [0.2, 0.25) is 0 Å². The predicted molar refractivity (Wildman–Crippen MR) is 207 cm³/mol. The Balaban J connectivity index is 1.03. The van der Waals surface area contributed by atoms with E-state index < -0.39 is 24.3 Å². The number of hydrogen-bond acceptors (Lipinski definition) is 8. The first-order valence-electron chi connectivity index (χ1n) is 18.6. The van der Waals surface area contributed by atoms with Crippen molar-refractivity contribution in [2.75, 3.05) is 13.6 Å². The fourth-order valence-electron chi connectivity index (χ4n) is 7.14. The molecule has 3 amide bonds. The number of carbonyl (C=O) groups excluding carboxylic acids is 3. The van der Waals surface area contributed by atoms with Crippen LogP contribution in [0.5, 0.6) is 0 Å². The SMILES string of the molecule is CN(Cc1ccccc1)C[C@@H]1C[C@H](c2ccc(CO)cc2)O[C@H](c2ccc(-c3ccccc3CN3C(=O)CC(NC(=O)OCc4ccccc4)C3=O)cc2)O1. The second-order valence-electron chi connectivity index (χ2n) is 14.1. The lowest BCUT2D eigenvalue weighted by atomic mass is 9.97. The van der Waals surface area contributed by atoms with Gasteiger partial charge in [-0.25, -0.2) is 4.79 Å². The van der Waals surface area contributed by atoms with Gasteiger partial charge in [0.15, 0.2) is 6.29 Å². The number of aliphatic hydroxyl groups excluding tert-OH is 1. The monoisotopic (exact) mass is 739 g/mol. The number of hydrogen-bond donors (Lipinski definition) is 2. The maximum absolute atomic E-state index is 13.3. The first-order chi connectivity index (χ1) is 26.8. The van der Waals surface area contributed by atoms with Crippen LogP contribution in [0.25, 0.3) is 11.1 Å². The highest BCUT2D eigenvalue weighted by Gasteiger charge is 2.40. The molecule has 0 aromatic heterocycles. The molecule has 2 aliphatic rings. The van der Waals surface area contributed by atoms with Gasteiger partial charge < -0.3 is 24.6 Å². The molecule has 0 bridgehead atoms. The number of likely N-dealkylation sites (tertiary alicyclic amines) is 1. The van der Waals surface area contributed by atoms with Crippen molar-refractivity contribution in [3.8, 4) is 11.1 Å². The van der Waals surface area contributed by atoms with Gasteiger partial charge in [-0.05, 0) is 46.0 Å². The average molecular weight is 740 g/mol. The molecule has 2 saturated heterocycles. The Morgan fingerprint density at radius 3 is 2.16 bits per heavy atom. The lowest BCUT2D eigenvalue weighted by Crippen LogP contribution is -2.41. The van der Waals surface area contributed by atoms with Crippen molar-refractivity contribution in [1.82, 2.24) is 15.1 Å². The smallest absolute Gasteiger partial charge is 0.408 e. The summed E-state index contributed by atoms with van der Waals surface area (Å²) in [5.74, 6) is -0.831. The van der Waals surface area contributed by atoms with E-state index in [-0.39, 0.29) is 44.3 Å². The minimum absolute atomic E-state index is 0.0195. The highest BCUT2D eigenvalue weighted by Crippen LogP contribution is 2.39. The van der Waals surface area contributed by atoms with E-state index in [0.717, 1.165) is 45.5 Å². The standard InChI is InChI=1S/C45H45N3O7/c1-47(26-31-10-4-2-5-11-31)28-38-24-41(35-18-16-32(29-49)17-19-35)55-44(54-38)36-22-20-34(21-23-36)39-15-9-8-14-37(39)27-48-42(50)25-40(43(48)51)46-45(52)53-30-33-12-6-3-7-13-33/h2-23,38,40-41,44,49H,24-30H2,1H3,(H,46,52)/t38-,40?,41+,44+/m0/s1. The van der Waals surface area contributed by atoms with E-state index in [1.54, 1.807) is 0 Å². The predicted octanol–water partition coefficient (Wildman–Crippen LogP) is 7.08. The molecule has 5 aromatic rings. The van der Waals surface area contributed by atoms with E-state index in [1.807, 2.05) is 121 Å². The van der Waals surface area contributed by atoms with Crippen LogP contribution in [0.1, 0.15) is 58.6 Å². The zero-order valence-electron chi connectivity index (χ0n) is 30.8. The van der Waals surface area contributed by atoms with Crippen molar-refractivity contribution in [3.05, 3.63) is 167 Å². The van der Waals surface area contributed by atoms with E-state index in [9.17, 15) is 19.5 Å². The number of amides is 3. The molecule has 2 fully saturated rings. The Kier molecular flexibility index (Phi) is 12.1. The molecule has 1 unspecified atom stereocenters. The molecule has 282 valence electrons. The molecule has 2 heterocycles. The summed E-state index contributed by atoms with van der Waals surface area (Å²) in [6.07, 6.45) is -1.12. The fourth-order valence-corrected chi connectivity index (χ4v) is 7.14. The maximum Gasteiger partial charge on any atom is 0.408 e. The molecule has 55 heavy (non-hydrogen) atoms. The average Bonchev–Trinajstić information content (AvgIpc) is 3.48. The van der Waals surface area contributed by atoms with E-state index in [0.29, 0.717) is 13.0 Å². The van der Waals surface area contributed by atoms with Crippen LogP contribution in [-0.2, 0) is 50.1 Å². The van der Waals surface area contributed by atoms with Gasteiger partial charge in [0.25, 0.3) is 5.91 Å². The lowest BCUT2D eigenvalue weighted by molar-refractivity contribution is -0.252. The number of aliphatic hydroxyl groups is 1. The Morgan fingerprint density at radius 2 is 1.45 bits per heavy atom. The lowest BCUT2D eigenvalue weighted by Gasteiger charge is -2.38. The number of benzene rings is 5. The van der Waals surface area contributed by atoms with Gasteiger partial charge in [-0.2, -0.15) is 0 Å². The molecule has 0 saturated carbocycles. The summed E-state index contributed by atoms with van der Waals surface area (Å²) >= 11 is 0. The summed E-state index contributed by atoms with van der Waals surface area (Å²) in [5, 5.41) is 12.1. The van der Waals surface area contributed by atoms with Crippen molar-refractivity contribution >= 4 is 17.9 Å². The van der Waals surface area contributed by atoms with Gasteiger partial charge in [0.2, 0.25) is 5.91 Å². The minimum Gasteiger partial charge on any atom is -0.445 e. The van der Waals surface area contributed by atoms with Crippen molar-refractivity contribution in [2.45, 2.75) is 63.7 Å². The van der Waals surface area contributed by atoms with E-state index in [4.69, 9.17) is 14.2 Å². The van der Waals surface area contributed by atoms with E-state index >= 15 is 0 Å². The molecule has 0 spiro atoms. The summed E-state index contributed by atoms with van der Waals surface area (Å²) < 4.78 is 18.5. The third-order valence-electron chi connectivity index (χ3n) is 10.0. The van der Waals surface area contributed by atoms with Crippen LogP contribution in [0, 0.1) is 0 Å². The van der Waals surface area contributed by atoms with Crippen molar-refractivity contribution in [1.29, 1.82) is 0 Å². The number of alkyl carbamates (subject to hydrolysis) is 1. The minimum atomic E-state index is -0.990. The van der Waals surface area contributed by atoms with Crippen molar-refractivity contribution in [3.63, 3.8) is 0 Å². The van der Waals surface area contributed by atoms with Crippen molar-refractivity contribution in [2.24, 2.45) is 0 Å². The Morgan fingerprint density at radius 1 is 0.800 bits per heavy atom. The van der Waals surface area contributed by atoms with Crippen LogP contribution in [0.3, 0.4) is 0 Å². The highest BCUT2D eigenvalue weighted by molar-refractivity contribution is 6.06. The number of carbonyl (C=O) groups is 3. The molecular weight excluding hydrogens is 695 g/mol. The van der Waals surface area contributed by atoms with Gasteiger partial charge in [-0.3, -0.25) is 19.4 Å². The summed E-state index contributed by atoms with van der Waals surface area (Å²) in [4.78, 5) is 42.3. The number of nitrogens with zero attached hydrogens (tertiary/aromatic N) is 2. The van der Waals surface area contributed by atoms with Crippen LogP contribution in [0.4, 0.5) is 4.79 Å². The summed E-state index contributed by atoms with van der Waals surface area (Å²) in [5.41, 5.74) is 7.36. The molecule has 4 atom stereocenters. The summed E-state index contributed by atoms with van der Waals surface area (Å²) in [7, 11) is 2.10. The second-order valence-corrected chi connectivity index (χ2v) is 14.1. The van der Waals surface area contributed by atoms with Gasteiger partial charge in [-0.15, -0.1) is 0 Å². The first-order valence-corrected chi connectivity index (χ1v) is 18.6. The second kappa shape index (κ2) is 17.7. The number of ether oxygens (including phenoxy) is 3. The first kappa shape index (κ1) is 37.7. The molecule has 0 radical (unpaired) electrons. The van der Waals surface area contributed by atoms with Crippen LogP contribution in [-0.4, -0.2) is 58.6 Å². The van der Waals surface area contributed by atoms with Gasteiger partial charge in [0.05, 0.1) is 31.8 Å². The zero-order chi connectivity index (χ0) is 38.1. The van der Waals surface area contributed by atoms with Crippen LogP contribution < -0.4 is 5.32 Å². The maximum atomic E-state index is 13.3. The largest absolute Gasteiger partial charge is 0.445 e. The molecular formula is C45H45N3O7. The molecule has 0 aliphatic carbocycles. The molecule has 10 heteroatoms. The van der Waals surface area contributed by atoms with Gasteiger partial charge >= 0.3 is 6.09 Å². The Hall–Kier alpha value is -5.65. The van der Waals surface area contributed by atoms with E-state index in [1.165, 1.54) is 10.5 Å². The normalized spacial score (nSPS) is 19.8. The number of likely N-dealkylation sites (N-methyl/N-ethyl adjacent to an activating group) is 1. The quantitative estimate of drug-likeness (QED) is 0.123. The van der Waals surface area contributed by atoms with Gasteiger partial charge in [0.1, 0.15) is 12.6 Å². The van der Waals surface area contributed by atoms with Crippen LogP contribution in [0.15, 0.2) is 133 Å². The van der Waals surface area contributed by atoms with Gasteiger partial charge in [0, 0.05) is 25.1 Å². The number of imide groups is 1. The van der Waals surface area contributed by atoms with E-state index in [2.05, 4.69) is 29.4 Å². The topological polar surface area (TPSA) is 118 Å². The highest BCUT2D eigenvalue weighted by atomic mass is 16.7. The summed E-state index contributed by atoms with van der Waals surface area (Å²) in [6.45, 7) is 1.61. The molecule has 10 nitrogen and oxygen atoms in total.